The molecular weight excluding hydrogens is 747 g/mol. The van der Waals surface area contributed by atoms with Crippen molar-refractivity contribution >= 4 is 40.3 Å². The number of hydrogen-bond donors (Lipinski definition) is 2. The van der Waals surface area contributed by atoms with Crippen molar-refractivity contribution in [1.29, 1.82) is 5.26 Å². The molecule has 56 heavy (non-hydrogen) atoms. The lowest BCUT2D eigenvalue weighted by Gasteiger charge is -2.23. The lowest BCUT2D eigenvalue weighted by atomic mass is 9.98. The second-order valence-corrected chi connectivity index (χ2v) is 15.5. The smallest absolute Gasteiger partial charge is 0.408 e. The van der Waals surface area contributed by atoms with Crippen LogP contribution in [0, 0.1) is 17.1 Å². The summed E-state index contributed by atoms with van der Waals surface area (Å²) in [5, 5.41) is 24.1. The highest BCUT2D eigenvalue weighted by Gasteiger charge is 2.46. The number of amides is 3. The van der Waals surface area contributed by atoms with Gasteiger partial charge in [-0.1, -0.05) is 23.7 Å². The minimum atomic E-state index is -0.887. The Morgan fingerprint density at radius 2 is 1.82 bits per heavy atom. The van der Waals surface area contributed by atoms with E-state index >= 15 is 4.39 Å². The molecule has 4 heterocycles. The highest BCUT2D eigenvalue weighted by atomic mass is 35.5. The predicted octanol–water partition coefficient (Wildman–Crippen LogP) is 5.82. The van der Waals surface area contributed by atoms with Crippen molar-refractivity contribution in [1.82, 2.24) is 35.2 Å². The second kappa shape index (κ2) is 13.4. The molecule has 0 atom stereocenters. The highest BCUT2D eigenvalue weighted by molar-refractivity contribution is 6.31. The molecule has 2 N–H and O–H groups in total. The molecular formula is C39H34ClFN8O7. The first-order chi connectivity index (χ1) is 26.7. The van der Waals surface area contributed by atoms with E-state index in [9.17, 15) is 24.4 Å². The Bertz CT molecular complexity index is 2570. The fraction of sp³-hybridized carbons (Fsp3) is 0.333. The molecule has 5 aromatic rings. The van der Waals surface area contributed by atoms with Gasteiger partial charge in [0.1, 0.15) is 35.0 Å². The number of nitrogens with one attached hydrogen (secondary N) is 2. The van der Waals surface area contributed by atoms with Crippen LogP contribution in [0.3, 0.4) is 0 Å². The van der Waals surface area contributed by atoms with Gasteiger partial charge in [-0.2, -0.15) is 15.5 Å². The van der Waals surface area contributed by atoms with E-state index < -0.39 is 40.4 Å². The summed E-state index contributed by atoms with van der Waals surface area (Å²) in [6.45, 7) is 4.78. The van der Waals surface area contributed by atoms with E-state index in [2.05, 4.69) is 26.7 Å². The molecule has 0 saturated heterocycles. The number of halogens is 2. The number of fused-ring (bicyclic) bond motifs is 2. The maximum Gasteiger partial charge on any atom is 0.408 e. The number of aromatic nitrogens is 5. The first-order valence-corrected chi connectivity index (χ1v) is 18.2. The van der Waals surface area contributed by atoms with Crippen LogP contribution in [0.4, 0.5) is 9.18 Å². The van der Waals surface area contributed by atoms with Crippen molar-refractivity contribution in [2.24, 2.45) is 7.05 Å². The van der Waals surface area contributed by atoms with E-state index in [4.69, 9.17) is 30.8 Å². The standard InChI is InChI=1S/C39H34ClFN8O7/c1-38(2,3)56-37(53)45-39(11-12-39)18-54-34-30-22(27(46-47-33(30)50)17-49-35(51)20-7-5-6-8-21(20)36(49)52)13-26(44-34)24-16-43-48(4)32(24)29-23(15-42)28(55-19-9-10-19)14-25(40)31(29)41/h5-8,13-14,16,19H,9-12,17-18H2,1-4H3,(H,45,53)(H,47,50). The number of benzene rings is 2. The number of aryl methyl sites for hydroxylation is 1. The number of ether oxygens (including phenoxy) is 3. The molecule has 17 heteroatoms. The van der Waals surface area contributed by atoms with Gasteiger partial charge in [0, 0.05) is 24.1 Å². The van der Waals surface area contributed by atoms with Crippen molar-refractivity contribution in [2.45, 2.75) is 70.2 Å². The molecule has 3 aromatic heterocycles. The number of carbonyl (C=O) groups is 3. The summed E-state index contributed by atoms with van der Waals surface area (Å²) < 4.78 is 35.2. The number of carbonyl (C=O) groups excluding carboxylic acids is 3. The van der Waals surface area contributed by atoms with Crippen molar-refractivity contribution in [2.75, 3.05) is 6.61 Å². The summed E-state index contributed by atoms with van der Waals surface area (Å²) in [7, 11) is 1.55. The van der Waals surface area contributed by atoms with Gasteiger partial charge in [-0.05, 0) is 64.7 Å². The molecule has 0 bridgehead atoms. The first-order valence-electron chi connectivity index (χ1n) is 17.8. The molecule has 286 valence electrons. The van der Waals surface area contributed by atoms with Crippen molar-refractivity contribution in [3.05, 3.63) is 86.2 Å². The van der Waals surface area contributed by atoms with Gasteiger partial charge in [-0.15, -0.1) is 0 Å². The molecule has 2 fully saturated rings. The van der Waals surface area contributed by atoms with Gasteiger partial charge in [0.15, 0.2) is 5.82 Å². The first kappa shape index (κ1) is 36.6. The zero-order chi connectivity index (χ0) is 39.7. The van der Waals surface area contributed by atoms with Crippen molar-refractivity contribution in [3.63, 3.8) is 0 Å². The van der Waals surface area contributed by atoms with Gasteiger partial charge < -0.3 is 19.5 Å². The van der Waals surface area contributed by atoms with Crippen LogP contribution >= 0.6 is 11.6 Å². The van der Waals surface area contributed by atoms with Crippen LogP contribution in [-0.2, 0) is 18.3 Å². The Morgan fingerprint density at radius 1 is 1.12 bits per heavy atom. The van der Waals surface area contributed by atoms with Crippen LogP contribution < -0.4 is 20.3 Å². The SMILES string of the molecule is Cn1ncc(-c2cc3c(CN4C(=O)c5ccccc5C4=O)n[nH]c(=O)c3c(OCC3(NC(=O)OC(C)(C)C)CC3)n2)c1-c1c(F)c(Cl)cc(OC2CC2)c1C#N. The van der Waals surface area contributed by atoms with Crippen LogP contribution in [0.15, 0.2) is 47.4 Å². The van der Waals surface area contributed by atoms with E-state index in [0.29, 0.717) is 12.8 Å². The number of pyridine rings is 1. The molecule has 15 nitrogen and oxygen atoms in total. The van der Waals surface area contributed by atoms with Crippen molar-refractivity contribution < 1.29 is 33.0 Å². The number of nitriles is 1. The summed E-state index contributed by atoms with van der Waals surface area (Å²) >= 11 is 6.39. The van der Waals surface area contributed by atoms with E-state index in [1.807, 2.05) is 0 Å². The molecule has 2 aliphatic carbocycles. The number of H-pyrrole nitrogens is 1. The van der Waals surface area contributed by atoms with Crippen molar-refractivity contribution in [3.8, 4) is 40.2 Å². The van der Waals surface area contributed by atoms with Crippen LogP contribution in [0.5, 0.6) is 11.6 Å². The normalized spacial score (nSPS) is 15.8. The molecule has 3 aliphatic rings. The molecule has 2 saturated carbocycles. The number of hydrogen-bond acceptors (Lipinski definition) is 11. The van der Waals surface area contributed by atoms with Crippen LogP contribution in [0.25, 0.3) is 33.3 Å². The Kier molecular flexibility index (Phi) is 8.80. The molecule has 1 aliphatic heterocycles. The Morgan fingerprint density at radius 3 is 2.45 bits per heavy atom. The summed E-state index contributed by atoms with van der Waals surface area (Å²) in [6.07, 6.45) is 3.30. The Labute approximate surface area is 323 Å². The second-order valence-electron chi connectivity index (χ2n) is 15.1. The average Bonchev–Trinajstić information content (AvgIpc) is 4.07. The highest BCUT2D eigenvalue weighted by Crippen LogP contribution is 2.44. The number of nitrogens with zero attached hydrogens (tertiary/aromatic N) is 6. The van der Waals surface area contributed by atoms with Gasteiger partial charge >= 0.3 is 6.09 Å². The molecule has 8 rings (SSSR count). The fourth-order valence-corrected chi connectivity index (χ4v) is 6.79. The lowest BCUT2D eigenvalue weighted by molar-refractivity contribution is 0.0475. The molecule has 2 aromatic carbocycles. The summed E-state index contributed by atoms with van der Waals surface area (Å²) in [6, 6.07) is 11.3. The maximum absolute atomic E-state index is 16.2. The lowest BCUT2D eigenvalue weighted by Crippen LogP contribution is -2.44. The molecule has 3 amide bonds. The number of rotatable bonds is 10. The van der Waals surface area contributed by atoms with E-state index in [0.717, 1.165) is 17.7 Å². The minimum absolute atomic E-state index is 0.0550. The van der Waals surface area contributed by atoms with Crippen LogP contribution in [0.1, 0.15) is 78.4 Å². The monoisotopic (exact) mass is 780 g/mol. The van der Waals surface area contributed by atoms with Crippen LogP contribution in [-0.4, -0.2) is 71.6 Å². The largest absolute Gasteiger partial charge is 0.489 e. The van der Waals surface area contributed by atoms with Gasteiger partial charge in [-0.25, -0.2) is 19.3 Å². The Hall–Kier alpha value is -6.34. The predicted molar refractivity (Wildman–Crippen MR) is 199 cm³/mol. The van der Waals surface area contributed by atoms with Gasteiger partial charge in [0.2, 0.25) is 5.88 Å². The summed E-state index contributed by atoms with van der Waals surface area (Å²) in [4.78, 5) is 58.9. The zero-order valence-electron chi connectivity index (χ0n) is 30.7. The molecule has 0 radical (unpaired) electrons. The number of aromatic amines is 1. The van der Waals surface area contributed by atoms with Gasteiger partial charge in [0.05, 0.1) is 63.2 Å². The maximum atomic E-state index is 16.2. The van der Waals surface area contributed by atoms with E-state index in [-0.39, 0.29) is 91.6 Å². The third-order valence-corrected chi connectivity index (χ3v) is 9.95. The van der Waals surface area contributed by atoms with Gasteiger partial charge in [0.25, 0.3) is 17.4 Å². The summed E-state index contributed by atoms with van der Waals surface area (Å²) in [5.41, 5.74) is -1.51. The quantitative estimate of drug-likeness (QED) is 0.162. The third-order valence-electron chi connectivity index (χ3n) is 9.67. The fourth-order valence-electron chi connectivity index (χ4n) is 6.60. The molecule has 0 spiro atoms. The van der Waals surface area contributed by atoms with Gasteiger partial charge in [-0.3, -0.25) is 24.0 Å². The summed E-state index contributed by atoms with van der Waals surface area (Å²) in [5.74, 6) is -2.03. The average molecular weight is 781 g/mol. The number of alkyl carbamates (subject to hydrolysis) is 1. The zero-order valence-corrected chi connectivity index (χ0v) is 31.4. The number of imide groups is 1. The van der Waals surface area contributed by atoms with E-state index in [1.54, 1.807) is 52.1 Å². The van der Waals surface area contributed by atoms with Crippen LogP contribution in [0.2, 0.25) is 5.02 Å². The minimum Gasteiger partial charge on any atom is -0.489 e. The Balaban J connectivity index is 1.27. The topological polar surface area (TPSA) is 194 Å². The molecule has 0 unspecified atom stereocenters. The van der Waals surface area contributed by atoms with E-state index in [1.165, 1.54) is 23.0 Å². The third kappa shape index (κ3) is 6.68.